The van der Waals surface area contributed by atoms with Crippen LogP contribution in [0, 0.1) is 27.7 Å². The number of anilines is 2. The molecule has 6 aromatic carbocycles. The lowest BCUT2D eigenvalue weighted by atomic mass is 9.92. The second-order valence-electron chi connectivity index (χ2n) is 14.8. The van der Waals surface area contributed by atoms with Crippen molar-refractivity contribution in [2.24, 2.45) is 9.98 Å². The van der Waals surface area contributed by atoms with Crippen LogP contribution >= 0.6 is 31.9 Å². The summed E-state index contributed by atoms with van der Waals surface area (Å²) in [4.78, 5) is 10.3. The number of nitrogens with zero attached hydrogens (tertiary/aromatic N) is 2. The molecule has 0 saturated carbocycles. The van der Waals surface area contributed by atoms with Crippen LogP contribution in [0.15, 0.2) is 128 Å². The summed E-state index contributed by atoms with van der Waals surface area (Å²) >= 11 is 7.14. The normalized spacial score (nSPS) is 16.4. The molecule has 0 spiro atoms. The van der Waals surface area contributed by atoms with Gasteiger partial charge in [-0.1, -0.05) is 68.3 Å². The Morgan fingerprint density at radius 1 is 0.527 bits per heavy atom. The van der Waals surface area contributed by atoms with Crippen molar-refractivity contribution in [3.05, 3.63) is 174 Å². The third-order valence-electron chi connectivity index (χ3n) is 10.9. The molecule has 0 radical (unpaired) electrons. The van der Waals surface area contributed by atoms with Crippen molar-refractivity contribution >= 4 is 66.0 Å². The Morgan fingerprint density at radius 3 is 1.31 bits per heavy atom. The van der Waals surface area contributed by atoms with E-state index < -0.39 is 0 Å². The van der Waals surface area contributed by atoms with Crippen LogP contribution in [0.25, 0.3) is 0 Å². The molecule has 2 aliphatic heterocycles. The second-order valence-corrected chi connectivity index (χ2v) is 16.6. The number of hydrogen-bond donors (Lipinski definition) is 4. The Morgan fingerprint density at radius 2 is 0.909 bits per heavy atom. The standard InChI is InChI=1S/C47H42Br2N4O2/c1-26-17-42-44(19-28(26)3)52-40(24-38(50-42)32-7-11-34(48)12-8-32)36-22-30(5-15-46(36)54)21-31-6-16-47(55)37(23-31)41-25-39(33-9-13-35(49)14-10-33)51-43-18-27(2)29(4)20-45(43)53-41/h5-20,22-23,40-41,52-55H,21,24-25H2,1-4H3. The predicted octanol–water partition coefficient (Wildman–Crippen LogP) is 12.8. The van der Waals surface area contributed by atoms with Gasteiger partial charge in [-0.2, -0.15) is 0 Å². The Hall–Kier alpha value is -5.18. The lowest BCUT2D eigenvalue weighted by Gasteiger charge is -2.22. The highest BCUT2D eigenvalue weighted by Gasteiger charge is 2.26. The van der Waals surface area contributed by atoms with E-state index in [1.54, 1.807) is 12.1 Å². The van der Waals surface area contributed by atoms with Gasteiger partial charge in [0.05, 0.1) is 46.3 Å². The van der Waals surface area contributed by atoms with Crippen molar-refractivity contribution in [3.8, 4) is 11.5 Å². The van der Waals surface area contributed by atoms with Crippen molar-refractivity contribution in [2.75, 3.05) is 10.6 Å². The molecule has 2 aliphatic rings. The smallest absolute Gasteiger partial charge is 0.120 e. The van der Waals surface area contributed by atoms with Crippen molar-refractivity contribution in [1.82, 2.24) is 0 Å². The molecule has 4 N–H and O–H groups in total. The van der Waals surface area contributed by atoms with E-state index in [-0.39, 0.29) is 23.6 Å². The average molecular weight is 855 g/mol. The lowest BCUT2D eigenvalue weighted by Crippen LogP contribution is -2.15. The molecule has 8 rings (SSSR count). The maximum atomic E-state index is 11.4. The summed E-state index contributed by atoms with van der Waals surface area (Å²) in [6.07, 6.45) is 1.79. The van der Waals surface area contributed by atoms with Gasteiger partial charge in [0.15, 0.2) is 0 Å². The Balaban J connectivity index is 1.12. The van der Waals surface area contributed by atoms with E-state index in [4.69, 9.17) is 9.98 Å². The van der Waals surface area contributed by atoms with E-state index in [1.165, 1.54) is 22.3 Å². The molecule has 0 aromatic heterocycles. The topological polar surface area (TPSA) is 89.2 Å². The number of rotatable bonds is 6. The van der Waals surface area contributed by atoms with E-state index in [0.29, 0.717) is 19.3 Å². The van der Waals surface area contributed by atoms with Gasteiger partial charge >= 0.3 is 0 Å². The van der Waals surface area contributed by atoms with Gasteiger partial charge in [0.1, 0.15) is 11.5 Å². The van der Waals surface area contributed by atoms with Crippen LogP contribution in [0.2, 0.25) is 0 Å². The first kappa shape index (κ1) is 36.8. The highest BCUT2D eigenvalue weighted by Crippen LogP contribution is 2.42. The maximum absolute atomic E-state index is 11.4. The maximum Gasteiger partial charge on any atom is 0.120 e. The van der Waals surface area contributed by atoms with Gasteiger partial charge in [0.25, 0.3) is 0 Å². The fourth-order valence-electron chi connectivity index (χ4n) is 7.51. The summed E-state index contributed by atoms with van der Waals surface area (Å²) in [5.41, 5.74) is 16.1. The van der Waals surface area contributed by atoms with Gasteiger partial charge in [-0.15, -0.1) is 0 Å². The third kappa shape index (κ3) is 7.84. The molecule has 276 valence electrons. The van der Waals surface area contributed by atoms with E-state index in [0.717, 1.165) is 76.5 Å². The Bertz CT molecular complexity index is 2330. The number of benzene rings is 6. The van der Waals surface area contributed by atoms with Crippen LogP contribution in [0.4, 0.5) is 22.7 Å². The van der Waals surface area contributed by atoms with Crippen molar-refractivity contribution in [3.63, 3.8) is 0 Å². The minimum Gasteiger partial charge on any atom is -0.508 e. The van der Waals surface area contributed by atoms with Crippen LogP contribution in [0.1, 0.15) is 80.6 Å². The van der Waals surface area contributed by atoms with E-state index in [2.05, 4.69) is 131 Å². The number of phenolic OH excluding ortho intramolecular Hbond substituents is 2. The minimum atomic E-state index is -0.222. The molecule has 6 nitrogen and oxygen atoms in total. The molecule has 0 aliphatic carbocycles. The zero-order valence-corrected chi connectivity index (χ0v) is 34.4. The molecular weight excluding hydrogens is 812 g/mol. The van der Waals surface area contributed by atoms with Gasteiger partial charge in [0.2, 0.25) is 0 Å². The molecule has 0 saturated heterocycles. The quantitative estimate of drug-likeness (QED) is 0.134. The van der Waals surface area contributed by atoms with Crippen LogP contribution in [0.3, 0.4) is 0 Å². The molecule has 55 heavy (non-hydrogen) atoms. The van der Waals surface area contributed by atoms with Gasteiger partial charge < -0.3 is 20.8 Å². The number of aromatic hydroxyl groups is 2. The Kier molecular flexibility index (Phi) is 10.1. The molecule has 8 heteroatoms. The van der Waals surface area contributed by atoms with E-state index in [9.17, 15) is 10.2 Å². The van der Waals surface area contributed by atoms with Crippen molar-refractivity contribution in [2.45, 2.75) is 59.0 Å². The summed E-state index contributed by atoms with van der Waals surface area (Å²) in [7, 11) is 0. The van der Waals surface area contributed by atoms with Gasteiger partial charge in [-0.05, 0) is 151 Å². The highest BCUT2D eigenvalue weighted by atomic mass is 79.9. The summed E-state index contributed by atoms with van der Waals surface area (Å²) in [6.45, 7) is 8.44. The molecular formula is C47H42Br2N4O2. The molecule has 2 unspecified atom stereocenters. The zero-order valence-electron chi connectivity index (χ0n) is 31.2. The summed E-state index contributed by atoms with van der Waals surface area (Å²) < 4.78 is 2.02. The number of aliphatic imine (C=N–C) groups is 2. The minimum absolute atomic E-state index is 0.222. The lowest BCUT2D eigenvalue weighted by molar-refractivity contribution is 0.464. The second kappa shape index (κ2) is 15.2. The molecule has 0 fully saturated rings. The number of halogens is 2. The molecule has 2 atom stereocenters. The number of nitrogens with one attached hydrogen (secondary N) is 2. The summed E-state index contributed by atoms with van der Waals surface area (Å²) in [5, 5.41) is 30.2. The fourth-order valence-corrected chi connectivity index (χ4v) is 8.04. The predicted molar refractivity (Wildman–Crippen MR) is 233 cm³/mol. The van der Waals surface area contributed by atoms with Gasteiger partial charge in [-0.3, -0.25) is 9.98 Å². The van der Waals surface area contributed by atoms with Crippen molar-refractivity contribution in [1.29, 1.82) is 0 Å². The molecule has 6 aromatic rings. The van der Waals surface area contributed by atoms with Crippen LogP contribution < -0.4 is 10.6 Å². The number of phenols is 2. The van der Waals surface area contributed by atoms with Gasteiger partial charge in [-0.25, -0.2) is 0 Å². The van der Waals surface area contributed by atoms with E-state index in [1.807, 2.05) is 36.4 Å². The monoisotopic (exact) mass is 852 g/mol. The molecule has 0 bridgehead atoms. The first-order valence-corrected chi connectivity index (χ1v) is 20.1. The largest absolute Gasteiger partial charge is 0.508 e. The summed E-state index contributed by atoms with van der Waals surface area (Å²) in [5.74, 6) is 0.475. The first-order chi connectivity index (χ1) is 26.5. The Labute approximate surface area is 339 Å². The number of hydrogen-bond acceptors (Lipinski definition) is 6. The molecule has 2 heterocycles. The highest BCUT2D eigenvalue weighted by molar-refractivity contribution is 9.10. The van der Waals surface area contributed by atoms with Gasteiger partial charge in [0, 0.05) is 32.9 Å². The summed E-state index contributed by atoms with van der Waals surface area (Å²) in [6, 6.07) is 36.4. The average Bonchev–Trinajstić information content (AvgIpc) is 3.46. The fraction of sp³-hybridized carbons (Fsp3) is 0.191. The third-order valence-corrected chi connectivity index (χ3v) is 11.9. The first-order valence-electron chi connectivity index (χ1n) is 18.5. The van der Waals surface area contributed by atoms with Crippen LogP contribution in [-0.2, 0) is 6.42 Å². The number of fused-ring (bicyclic) bond motifs is 2. The number of aryl methyl sites for hydroxylation is 4. The molecule has 0 amide bonds. The van der Waals surface area contributed by atoms with E-state index >= 15 is 0 Å². The van der Waals surface area contributed by atoms with Crippen molar-refractivity contribution < 1.29 is 10.2 Å². The van der Waals surface area contributed by atoms with Crippen LogP contribution in [0.5, 0.6) is 11.5 Å². The SMILES string of the molecule is Cc1cc2c(cc1C)NC(c1cc(Cc3ccc(O)c(C4CC(c5ccc(Br)cc5)=Nc5cc(C)c(C)cc5N4)c3)ccc1O)CC(c1ccc(Br)cc1)=N2. The van der Waals surface area contributed by atoms with Crippen LogP contribution in [-0.4, -0.2) is 21.6 Å². The zero-order chi connectivity index (χ0) is 38.4.